The molecule has 5 heteroatoms. The molecule has 0 saturated heterocycles. The average molecular weight is 454 g/mol. The molecule has 0 spiro atoms. The molecular weight excluding hydrogens is 414 g/mol. The van der Waals surface area contributed by atoms with Crippen molar-refractivity contribution in [3.63, 3.8) is 0 Å². The van der Waals surface area contributed by atoms with Crippen molar-refractivity contribution in [1.29, 1.82) is 0 Å². The number of benzene rings is 2. The zero-order chi connectivity index (χ0) is 23.7. The van der Waals surface area contributed by atoms with Crippen molar-refractivity contribution < 1.29 is 19.4 Å². The normalized spacial score (nSPS) is 11.7. The molecule has 180 valence electrons. The first-order chi connectivity index (χ1) is 16.1. The van der Waals surface area contributed by atoms with Crippen molar-refractivity contribution in [1.82, 2.24) is 5.32 Å². The molecule has 0 radical (unpaired) electrons. The van der Waals surface area contributed by atoms with Crippen LogP contribution in [-0.2, 0) is 27.4 Å². The summed E-state index contributed by atoms with van der Waals surface area (Å²) in [5, 5.41) is 12.4. The SMILES string of the molecule is CCCCCCCCCCCC(=O)N[C@@H](Cc1ccc(O)cc1)C(=O)OCc1ccccc1. The first-order valence-corrected chi connectivity index (χ1v) is 12.4. The van der Waals surface area contributed by atoms with Gasteiger partial charge in [0.15, 0.2) is 0 Å². The average Bonchev–Trinajstić information content (AvgIpc) is 2.83. The third kappa shape index (κ3) is 11.6. The summed E-state index contributed by atoms with van der Waals surface area (Å²) >= 11 is 0. The van der Waals surface area contributed by atoms with Crippen molar-refractivity contribution >= 4 is 11.9 Å². The third-order valence-corrected chi connectivity index (χ3v) is 5.73. The highest BCUT2D eigenvalue weighted by Crippen LogP contribution is 2.14. The largest absolute Gasteiger partial charge is 0.508 e. The fraction of sp³-hybridized carbons (Fsp3) is 0.500. The number of rotatable bonds is 16. The van der Waals surface area contributed by atoms with Crippen molar-refractivity contribution in [3.05, 3.63) is 65.7 Å². The van der Waals surface area contributed by atoms with Gasteiger partial charge in [0.1, 0.15) is 18.4 Å². The van der Waals surface area contributed by atoms with Gasteiger partial charge < -0.3 is 15.2 Å². The van der Waals surface area contributed by atoms with Crippen LogP contribution in [0.5, 0.6) is 5.75 Å². The van der Waals surface area contributed by atoms with Crippen LogP contribution in [0.4, 0.5) is 0 Å². The van der Waals surface area contributed by atoms with Crippen molar-refractivity contribution in [2.75, 3.05) is 0 Å². The number of carbonyl (C=O) groups is 2. The number of ether oxygens (including phenoxy) is 1. The highest BCUT2D eigenvalue weighted by molar-refractivity contribution is 5.84. The van der Waals surface area contributed by atoms with Gasteiger partial charge in [-0.15, -0.1) is 0 Å². The number of hydrogen-bond acceptors (Lipinski definition) is 4. The maximum Gasteiger partial charge on any atom is 0.329 e. The highest BCUT2D eigenvalue weighted by atomic mass is 16.5. The molecule has 0 aliphatic rings. The highest BCUT2D eigenvalue weighted by Gasteiger charge is 2.23. The molecule has 0 aromatic heterocycles. The number of aromatic hydroxyl groups is 1. The van der Waals surface area contributed by atoms with Gasteiger partial charge in [0.05, 0.1) is 0 Å². The third-order valence-electron chi connectivity index (χ3n) is 5.73. The fourth-order valence-corrected chi connectivity index (χ4v) is 3.75. The molecule has 1 atom stereocenters. The van der Waals surface area contributed by atoms with Crippen molar-refractivity contribution in [2.24, 2.45) is 0 Å². The number of phenols is 1. The van der Waals surface area contributed by atoms with Gasteiger partial charge >= 0.3 is 5.97 Å². The van der Waals surface area contributed by atoms with E-state index in [1.165, 1.54) is 38.5 Å². The lowest BCUT2D eigenvalue weighted by molar-refractivity contribution is -0.149. The van der Waals surface area contributed by atoms with Gasteiger partial charge in [-0.25, -0.2) is 4.79 Å². The lowest BCUT2D eigenvalue weighted by atomic mass is 10.0. The zero-order valence-electron chi connectivity index (χ0n) is 19.9. The maximum atomic E-state index is 12.8. The monoisotopic (exact) mass is 453 g/mol. The molecule has 0 heterocycles. The van der Waals surface area contributed by atoms with Gasteiger partial charge in [0, 0.05) is 12.8 Å². The van der Waals surface area contributed by atoms with Crippen LogP contribution < -0.4 is 5.32 Å². The second kappa shape index (κ2) is 15.9. The molecule has 1 amide bonds. The van der Waals surface area contributed by atoms with Crippen LogP contribution in [-0.4, -0.2) is 23.0 Å². The van der Waals surface area contributed by atoms with Gasteiger partial charge in [-0.2, -0.15) is 0 Å². The summed E-state index contributed by atoms with van der Waals surface area (Å²) in [5.74, 6) is -0.415. The fourth-order valence-electron chi connectivity index (χ4n) is 3.75. The number of phenolic OH excluding ortho intramolecular Hbond substituents is 1. The molecule has 0 bridgehead atoms. The minimum Gasteiger partial charge on any atom is -0.508 e. The predicted molar refractivity (Wildman–Crippen MR) is 132 cm³/mol. The number of carbonyl (C=O) groups excluding carboxylic acids is 2. The van der Waals surface area contributed by atoms with E-state index in [1.54, 1.807) is 24.3 Å². The van der Waals surface area contributed by atoms with Crippen LogP contribution in [0, 0.1) is 0 Å². The lowest BCUT2D eigenvalue weighted by Crippen LogP contribution is -2.43. The summed E-state index contributed by atoms with van der Waals surface area (Å²) in [5.41, 5.74) is 1.74. The van der Waals surface area contributed by atoms with E-state index in [0.29, 0.717) is 12.8 Å². The number of unbranched alkanes of at least 4 members (excludes halogenated alkanes) is 8. The van der Waals surface area contributed by atoms with E-state index in [0.717, 1.165) is 30.4 Å². The van der Waals surface area contributed by atoms with E-state index in [-0.39, 0.29) is 18.3 Å². The summed E-state index contributed by atoms with van der Waals surface area (Å²) in [4.78, 5) is 25.3. The summed E-state index contributed by atoms with van der Waals surface area (Å²) in [7, 11) is 0. The summed E-state index contributed by atoms with van der Waals surface area (Å²) in [6, 6.07) is 15.4. The van der Waals surface area contributed by atoms with Crippen LogP contribution in [0.1, 0.15) is 82.3 Å². The molecule has 0 aliphatic heterocycles. The topological polar surface area (TPSA) is 75.6 Å². The number of hydrogen-bond donors (Lipinski definition) is 2. The van der Waals surface area contributed by atoms with E-state index in [2.05, 4.69) is 12.2 Å². The smallest absolute Gasteiger partial charge is 0.329 e. The van der Waals surface area contributed by atoms with Crippen LogP contribution in [0.15, 0.2) is 54.6 Å². The minimum atomic E-state index is -0.760. The zero-order valence-corrected chi connectivity index (χ0v) is 19.9. The van der Waals surface area contributed by atoms with Gasteiger partial charge in [0.25, 0.3) is 0 Å². The number of esters is 1. The summed E-state index contributed by atoms with van der Waals surface area (Å²) < 4.78 is 5.48. The van der Waals surface area contributed by atoms with E-state index in [9.17, 15) is 14.7 Å². The second-order valence-electron chi connectivity index (χ2n) is 8.66. The molecule has 2 aromatic rings. The summed E-state index contributed by atoms with van der Waals surface area (Å²) in [6.07, 6.45) is 11.4. The lowest BCUT2D eigenvalue weighted by Gasteiger charge is -2.18. The van der Waals surface area contributed by atoms with E-state index in [1.807, 2.05) is 30.3 Å². The molecule has 2 N–H and O–H groups in total. The van der Waals surface area contributed by atoms with Crippen molar-refractivity contribution in [3.8, 4) is 5.75 Å². The minimum absolute atomic E-state index is 0.126. The van der Waals surface area contributed by atoms with Crippen LogP contribution in [0.25, 0.3) is 0 Å². The number of nitrogens with one attached hydrogen (secondary N) is 1. The Morgan fingerprint density at radius 2 is 1.42 bits per heavy atom. The van der Waals surface area contributed by atoms with Crippen LogP contribution in [0.3, 0.4) is 0 Å². The Balaban J connectivity index is 1.79. The van der Waals surface area contributed by atoms with E-state index < -0.39 is 12.0 Å². The Labute approximate surface area is 198 Å². The van der Waals surface area contributed by atoms with Gasteiger partial charge in [-0.3, -0.25) is 4.79 Å². The Kier molecular flexibility index (Phi) is 12.7. The number of amides is 1. The molecule has 2 rings (SSSR count). The van der Waals surface area contributed by atoms with Gasteiger partial charge in [-0.1, -0.05) is 101 Å². The Hall–Kier alpha value is -2.82. The molecule has 0 saturated carbocycles. The Morgan fingerprint density at radius 1 is 0.818 bits per heavy atom. The van der Waals surface area contributed by atoms with Gasteiger partial charge in [0.2, 0.25) is 5.91 Å². The molecule has 5 nitrogen and oxygen atoms in total. The van der Waals surface area contributed by atoms with E-state index >= 15 is 0 Å². The predicted octanol–water partition coefficient (Wildman–Crippen LogP) is 6.08. The van der Waals surface area contributed by atoms with E-state index in [4.69, 9.17) is 4.74 Å². The first-order valence-electron chi connectivity index (χ1n) is 12.4. The maximum absolute atomic E-state index is 12.8. The van der Waals surface area contributed by atoms with Gasteiger partial charge in [-0.05, 0) is 29.7 Å². The second-order valence-corrected chi connectivity index (χ2v) is 8.66. The van der Waals surface area contributed by atoms with Crippen LogP contribution >= 0.6 is 0 Å². The van der Waals surface area contributed by atoms with Crippen LogP contribution in [0.2, 0.25) is 0 Å². The first kappa shape index (κ1) is 26.4. The standard InChI is InChI=1S/C28H39NO4/c1-2-3-4-5-6-7-8-9-13-16-27(31)29-26(21-23-17-19-25(30)20-18-23)28(32)33-22-24-14-11-10-12-15-24/h10-12,14-15,17-20,26,30H,2-9,13,16,21-22H2,1H3,(H,29,31)/t26-/m0/s1. The quantitative estimate of drug-likeness (QED) is 0.238. The van der Waals surface area contributed by atoms with Crippen molar-refractivity contribution in [2.45, 2.75) is 90.2 Å². The summed E-state index contributed by atoms with van der Waals surface area (Å²) in [6.45, 7) is 2.39. The Bertz CT molecular complexity index is 804. The molecule has 2 aromatic carbocycles. The molecule has 0 fully saturated rings. The molecule has 0 unspecified atom stereocenters. The molecule has 0 aliphatic carbocycles. The molecule has 33 heavy (non-hydrogen) atoms. The Morgan fingerprint density at radius 3 is 2.06 bits per heavy atom. The molecular formula is C28H39NO4.